The predicted molar refractivity (Wildman–Crippen MR) is 94.7 cm³/mol. The minimum absolute atomic E-state index is 0.0302. The molecule has 3 rings (SSSR count). The van der Waals surface area contributed by atoms with Crippen LogP contribution in [0.25, 0.3) is 0 Å². The smallest absolute Gasteiger partial charge is 0.251 e. The second kappa shape index (κ2) is 6.99. The Morgan fingerprint density at radius 3 is 2.26 bits per heavy atom. The lowest BCUT2D eigenvalue weighted by Crippen LogP contribution is -2.42. The average Bonchev–Trinajstić information content (AvgIpc) is 2.62. The van der Waals surface area contributed by atoms with Crippen molar-refractivity contribution in [2.75, 3.05) is 6.54 Å². The van der Waals surface area contributed by atoms with Crippen molar-refractivity contribution in [3.8, 4) is 0 Å². The summed E-state index contributed by atoms with van der Waals surface area (Å²) in [7, 11) is 0. The Bertz CT molecular complexity index is 639. The molecule has 0 heterocycles. The molecule has 0 bridgehead atoms. The van der Waals surface area contributed by atoms with Crippen LogP contribution in [0.15, 0.2) is 54.6 Å². The average molecular weight is 307 g/mol. The quantitative estimate of drug-likeness (QED) is 0.877. The van der Waals surface area contributed by atoms with Gasteiger partial charge in [0.1, 0.15) is 0 Å². The zero-order chi connectivity index (χ0) is 16.1. The van der Waals surface area contributed by atoms with E-state index in [1.54, 1.807) is 0 Å². The molecule has 1 amide bonds. The molecule has 1 fully saturated rings. The van der Waals surface area contributed by atoms with Gasteiger partial charge < -0.3 is 5.32 Å². The molecule has 23 heavy (non-hydrogen) atoms. The summed E-state index contributed by atoms with van der Waals surface area (Å²) in [5, 5.41) is 3.18. The van der Waals surface area contributed by atoms with Crippen molar-refractivity contribution in [2.45, 2.75) is 44.4 Å². The first-order chi connectivity index (χ1) is 11.2. The van der Waals surface area contributed by atoms with Crippen LogP contribution >= 0.6 is 0 Å². The molecular weight excluding hydrogens is 282 g/mol. The molecule has 0 atom stereocenters. The van der Waals surface area contributed by atoms with Gasteiger partial charge in [-0.05, 0) is 37.5 Å². The monoisotopic (exact) mass is 307 g/mol. The van der Waals surface area contributed by atoms with E-state index >= 15 is 0 Å². The summed E-state index contributed by atoms with van der Waals surface area (Å²) in [6, 6.07) is 18.4. The van der Waals surface area contributed by atoms with E-state index in [4.69, 9.17) is 0 Å². The maximum atomic E-state index is 12.4. The fourth-order valence-corrected chi connectivity index (χ4v) is 3.64. The minimum Gasteiger partial charge on any atom is -0.351 e. The molecule has 0 saturated heterocycles. The van der Waals surface area contributed by atoms with E-state index in [1.165, 1.54) is 30.4 Å². The van der Waals surface area contributed by atoms with Gasteiger partial charge in [-0.2, -0.15) is 0 Å². The van der Waals surface area contributed by atoms with Gasteiger partial charge in [-0.25, -0.2) is 0 Å². The summed E-state index contributed by atoms with van der Waals surface area (Å²) in [5.74, 6) is 0.0302. The van der Waals surface area contributed by atoms with Crippen LogP contribution in [0.2, 0.25) is 0 Å². The highest BCUT2D eigenvalue weighted by Gasteiger charge is 2.34. The van der Waals surface area contributed by atoms with Gasteiger partial charge in [-0.3, -0.25) is 4.79 Å². The van der Waals surface area contributed by atoms with Gasteiger partial charge in [0.25, 0.3) is 5.91 Å². The third-order valence-corrected chi connectivity index (χ3v) is 5.10. The number of rotatable bonds is 4. The zero-order valence-corrected chi connectivity index (χ0v) is 13.8. The minimum atomic E-state index is 0.0302. The van der Waals surface area contributed by atoms with E-state index < -0.39 is 0 Å². The lowest BCUT2D eigenvalue weighted by atomic mass is 9.69. The van der Waals surface area contributed by atoms with E-state index in [9.17, 15) is 4.79 Å². The van der Waals surface area contributed by atoms with Gasteiger partial charge in [0.2, 0.25) is 0 Å². The Morgan fingerprint density at radius 1 is 0.957 bits per heavy atom. The maximum absolute atomic E-state index is 12.4. The lowest BCUT2D eigenvalue weighted by molar-refractivity contribution is 0.0936. The first-order valence-corrected chi connectivity index (χ1v) is 8.60. The molecule has 1 aliphatic carbocycles. The summed E-state index contributed by atoms with van der Waals surface area (Å²) in [5.41, 5.74) is 3.49. The number of nitrogens with one attached hydrogen (secondary N) is 1. The maximum Gasteiger partial charge on any atom is 0.251 e. The largest absolute Gasteiger partial charge is 0.351 e. The molecule has 0 aromatic heterocycles. The zero-order valence-electron chi connectivity index (χ0n) is 13.8. The number of carbonyl (C=O) groups excluding carboxylic acids is 1. The summed E-state index contributed by atoms with van der Waals surface area (Å²) < 4.78 is 0. The van der Waals surface area contributed by atoms with Crippen LogP contribution < -0.4 is 5.32 Å². The van der Waals surface area contributed by atoms with Gasteiger partial charge >= 0.3 is 0 Å². The Kier molecular flexibility index (Phi) is 4.80. The first kappa shape index (κ1) is 15.8. The van der Waals surface area contributed by atoms with Crippen molar-refractivity contribution >= 4 is 5.91 Å². The molecule has 120 valence electrons. The van der Waals surface area contributed by atoms with Crippen LogP contribution in [0.4, 0.5) is 0 Å². The molecular formula is C21H25NO. The standard InChI is InChI=1S/C21H25NO/c1-17-10-12-19(13-11-17)21(14-6-3-7-15-21)16-22-20(23)18-8-4-2-5-9-18/h2,4-5,8-13H,3,6-7,14-16H2,1H3,(H,22,23). The van der Waals surface area contributed by atoms with E-state index in [0.717, 1.165) is 24.9 Å². The van der Waals surface area contributed by atoms with Crippen molar-refractivity contribution < 1.29 is 4.79 Å². The van der Waals surface area contributed by atoms with Gasteiger partial charge in [-0.15, -0.1) is 0 Å². The SMILES string of the molecule is Cc1ccc(C2(CNC(=O)c3ccccc3)CCCCC2)cc1. The number of aryl methyl sites for hydroxylation is 1. The molecule has 1 aliphatic rings. The Labute approximate surface area is 138 Å². The molecule has 0 aliphatic heterocycles. The fraction of sp³-hybridized carbons (Fsp3) is 0.381. The molecule has 2 nitrogen and oxygen atoms in total. The molecule has 2 heteroatoms. The van der Waals surface area contributed by atoms with E-state index in [2.05, 4.69) is 36.5 Å². The molecule has 0 radical (unpaired) electrons. The topological polar surface area (TPSA) is 29.1 Å². The Morgan fingerprint density at radius 2 is 1.61 bits per heavy atom. The van der Waals surface area contributed by atoms with Crippen molar-refractivity contribution in [2.24, 2.45) is 0 Å². The number of hydrogen-bond acceptors (Lipinski definition) is 1. The fourth-order valence-electron chi connectivity index (χ4n) is 3.64. The van der Waals surface area contributed by atoms with Crippen molar-refractivity contribution in [1.29, 1.82) is 0 Å². The number of amides is 1. The second-order valence-electron chi connectivity index (χ2n) is 6.76. The molecule has 1 saturated carbocycles. The van der Waals surface area contributed by atoms with Crippen molar-refractivity contribution in [3.63, 3.8) is 0 Å². The van der Waals surface area contributed by atoms with Crippen LogP contribution in [-0.2, 0) is 5.41 Å². The summed E-state index contributed by atoms with van der Waals surface area (Å²) in [4.78, 5) is 12.4. The first-order valence-electron chi connectivity index (χ1n) is 8.60. The van der Waals surface area contributed by atoms with Crippen LogP contribution in [0.1, 0.15) is 53.6 Å². The van der Waals surface area contributed by atoms with Crippen LogP contribution in [-0.4, -0.2) is 12.5 Å². The van der Waals surface area contributed by atoms with Gasteiger partial charge in [0.05, 0.1) is 0 Å². The summed E-state index contributed by atoms with van der Waals surface area (Å²) >= 11 is 0. The van der Waals surface area contributed by atoms with E-state index in [-0.39, 0.29) is 11.3 Å². The van der Waals surface area contributed by atoms with Crippen LogP contribution in [0.3, 0.4) is 0 Å². The van der Waals surface area contributed by atoms with Gasteiger partial charge in [-0.1, -0.05) is 67.3 Å². The lowest BCUT2D eigenvalue weighted by Gasteiger charge is -2.38. The molecule has 1 N–H and O–H groups in total. The van der Waals surface area contributed by atoms with E-state index in [1.807, 2.05) is 30.3 Å². The highest BCUT2D eigenvalue weighted by Crippen LogP contribution is 2.39. The van der Waals surface area contributed by atoms with E-state index in [0.29, 0.717) is 0 Å². The highest BCUT2D eigenvalue weighted by molar-refractivity contribution is 5.94. The number of hydrogen-bond donors (Lipinski definition) is 1. The van der Waals surface area contributed by atoms with Crippen LogP contribution in [0, 0.1) is 6.92 Å². The summed E-state index contributed by atoms with van der Waals surface area (Å²) in [6.45, 7) is 2.85. The Hall–Kier alpha value is -2.09. The summed E-state index contributed by atoms with van der Waals surface area (Å²) in [6.07, 6.45) is 6.11. The third-order valence-electron chi connectivity index (χ3n) is 5.10. The number of carbonyl (C=O) groups is 1. The van der Waals surface area contributed by atoms with Crippen molar-refractivity contribution in [1.82, 2.24) is 5.32 Å². The second-order valence-corrected chi connectivity index (χ2v) is 6.76. The van der Waals surface area contributed by atoms with Gasteiger partial charge in [0.15, 0.2) is 0 Å². The molecule has 0 spiro atoms. The van der Waals surface area contributed by atoms with Gasteiger partial charge in [0, 0.05) is 17.5 Å². The predicted octanol–water partition coefficient (Wildman–Crippen LogP) is 4.63. The molecule has 0 unspecified atom stereocenters. The number of benzene rings is 2. The normalized spacial score (nSPS) is 16.7. The van der Waals surface area contributed by atoms with Crippen molar-refractivity contribution in [3.05, 3.63) is 71.3 Å². The highest BCUT2D eigenvalue weighted by atomic mass is 16.1. The molecule has 2 aromatic carbocycles. The van der Waals surface area contributed by atoms with Crippen LogP contribution in [0.5, 0.6) is 0 Å². The third kappa shape index (κ3) is 3.64. The molecule has 2 aromatic rings. The Balaban J connectivity index is 1.77.